The molecule has 8 nitrogen and oxygen atoms in total. The Kier molecular flexibility index (Phi) is 5.79. The molecule has 0 radical (unpaired) electrons. The minimum absolute atomic E-state index is 0.0339. The van der Waals surface area contributed by atoms with Gasteiger partial charge in [-0.1, -0.05) is 42.0 Å². The van der Waals surface area contributed by atoms with Crippen molar-refractivity contribution in [2.75, 3.05) is 11.1 Å². The lowest BCUT2D eigenvalue weighted by molar-refractivity contribution is -0.139. The standard InChI is InChI=1S/C23H20N6O2/c1-15-6-9-18(10-7-15)26-23-28-20(27-22(24)29-23)14-31-21(30)13-12-17-11-8-16-4-2-3-5-19(16)25-17/h2-13H,14H2,1H3,(H3,24,26,27,28,29)/b13-12+. The number of pyridine rings is 1. The summed E-state index contributed by atoms with van der Waals surface area (Å²) in [5.41, 5.74) is 9.22. The van der Waals surface area contributed by atoms with Crippen LogP contribution in [0.25, 0.3) is 17.0 Å². The van der Waals surface area contributed by atoms with Crippen molar-refractivity contribution < 1.29 is 9.53 Å². The number of carbonyl (C=O) groups excluding carboxylic acids is 1. The Balaban J connectivity index is 1.38. The Bertz CT molecular complexity index is 1250. The Morgan fingerprint density at radius 1 is 1.00 bits per heavy atom. The van der Waals surface area contributed by atoms with E-state index in [1.165, 1.54) is 6.08 Å². The van der Waals surface area contributed by atoms with E-state index in [1.807, 2.05) is 67.6 Å². The number of aryl methyl sites for hydroxylation is 1. The maximum Gasteiger partial charge on any atom is 0.331 e. The molecule has 0 saturated carbocycles. The van der Waals surface area contributed by atoms with Crippen LogP contribution in [0.3, 0.4) is 0 Å². The average molecular weight is 412 g/mol. The van der Waals surface area contributed by atoms with Crippen molar-refractivity contribution in [2.45, 2.75) is 13.5 Å². The van der Waals surface area contributed by atoms with Gasteiger partial charge in [-0.25, -0.2) is 9.78 Å². The van der Waals surface area contributed by atoms with Crippen molar-refractivity contribution in [3.05, 3.63) is 83.8 Å². The Labute approximate surface area is 178 Å². The van der Waals surface area contributed by atoms with Gasteiger partial charge >= 0.3 is 5.97 Å². The highest BCUT2D eigenvalue weighted by molar-refractivity contribution is 5.87. The third-order valence-corrected chi connectivity index (χ3v) is 4.36. The number of anilines is 3. The molecule has 4 aromatic rings. The predicted molar refractivity (Wildman–Crippen MR) is 119 cm³/mol. The van der Waals surface area contributed by atoms with E-state index in [4.69, 9.17) is 10.5 Å². The van der Waals surface area contributed by atoms with Crippen molar-refractivity contribution >= 4 is 40.5 Å². The number of benzene rings is 2. The molecular weight excluding hydrogens is 392 g/mol. The summed E-state index contributed by atoms with van der Waals surface area (Å²) < 4.78 is 5.22. The number of rotatable bonds is 6. The fraction of sp³-hybridized carbons (Fsp3) is 0.0870. The molecule has 154 valence electrons. The SMILES string of the molecule is Cc1ccc(Nc2nc(N)nc(COC(=O)/C=C/c3ccc4ccccc4n3)n2)cc1. The minimum atomic E-state index is -0.540. The van der Waals surface area contributed by atoms with Gasteiger partial charge in [-0.15, -0.1) is 0 Å². The average Bonchev–Trinajstić information content (AvgIpc) is 2.77. The zero-order valence-corrected chi connectivity index (χ0v) is 16.8. The number of fused-ring (bicyclic) bond motifs is 1. The molecule has 2 aromatic carbocycles. The lowest BCUT2D eigenvalue weighted by Gasteiger charge is -2.07. The highest BCUT2D eigenvalue weighted by Gasteiger charge is 2.07. The number of hydrogen-bond donors (Lipinski definition) is 2. The van der Waals surface area contributed by atoms with Gasteiger partial charge in [-0.05, 0) is 37.3 Å². The van der Waals surface area contributed by atoms with Crippen LogP contribution in [-0.4, -0.2) is 25.9 Å². The largest absolute Gasteiger partial charge is 0.454 e. The van der Waals surface area contributed by atoms with Crippen LogP contribution in [-0.2, 0) is 16.1 Å². The van der Waals surface area contributed by atoms with Crippen LogP contribution in [0.5, 0.6) is 0 Å². The quantitative estimate of drug-likeness (QED) is 0.363. The summed E-state index contributed by atoms with van der Waals surface area (Å²) in [7, 11) is 0. The summed E-state index contributed by atoms with van der Waals surface area (Å²) in [6.45, 7) is 1.87. The number of hydrogen-bond acceptors (Lipinski definition) is 8. The molecule has 0 spiro atoms. The molecule has 4 rings (SSSR count). The molecule has 0 unspecified atom stereocenters. The van der Waals surface area contributed by atoms with E-state index in [-0.39, 0.29) is 24.3 Å². The van der Waals surface area contributed by atoms with Crippen LogP contribution >= 0.6 is 0 Å². The van der Waals surface area contributed by atoms with E-state index in [0.717, 1.165) is 22.2 Å². The van der Waals surface area contributed by atoms with Crippen LogP contribution in [0.4, 0.5) is 17.6 Å². The molecule has 0 saturated heterocycles. The highest BCUT2D eigenvalue weighted by atomic mass is 16.5. The molecule has 0 atom stereocenters. The van der Waals surface area contributed by atoms with Gasteiger partial charge in [0.15, 0.2) is 12.4 Å². The summed E-state index contributed by atoms with van der Waals surface area (Å²) >= 11 is 0. The number of para-hydroxylation sites is 1. The van der Waals surface area contributed by atoms with Crippen LogP contribution in [0.2, 0.25) is 0 Å². The van der Waals surface area contributed by atoms with E-state index in [1.54, 1.807) is 6.08 Å². The van der Waals surface area contributed by atoms with Crippen LogP contribution < -0.4 is 11.1 Å². The van der Waals surface area contributed by atoms with E-state index in [0.29, 0.717) is 5.69 Å². The molecule has 2 heterocycles. The van der Waals surface area contributed by atoms with E-state index < -0.39 is 5.97 Å². The van der Waals surface area contributed by atoms with Gasteiger partial charge in [-0.2, -0.15) is 15.0 Å². The summed E-state index contributed by atoms with van der Waals surface area (Å²) in [5, 5.41) is 4.09. The van der Waals surface area contributed by atoms with Crippen LogP contribution in [0, 0.1) is 6.92 Å². The molecule has 0 amide bonds. The lowest BCUT2D eigenvalue weighted by Crippen LogP contribution is -2.10. The molecule has 2 aromatic heterocycles. The third-order valence-electron chi connectivity index (χ3n) is 4.36. The third kappa shape index (κ3) is 5.39. The number of ether oxygens (including phenoxy) is 1. The van der Waals surface area contributed by atoms with Crippen molar-refractivity contribution in [3.8, 4) is 0 Å². The minimum Gasteiger partial charge on any atom is -0.454 e. The summed E-state index contributed by atoms with van der Waals surface area (Å²) in [6.07, 6.45) is 2.91. The van der Waals surface area contributed by atoms with Gasteiger partial charge in [0, 0.05) is 17.1 Å². The van der Waals surface area contributed by atoms with E-state index in [2.05, 4.69) is 25.3 Å². The van der Waals surface area contributed by atoms with Crippen LogP contribution in [0.1, 0.15) is 17.1 Å². The topological polar surface area (TPSA) is 116 Å². The number of nitrogens with two attached hydrogens (primary N) is 1. The van der Waals surface area contributed by atoms with Gasteiger partial charge in [0.1, 0.15) is 0 Å². The van der Waals surface area contributed by atoms with Gasteiger partial charge in [0.05, 0.1) is 11.2 Å². The van der Waals surface area contributed by atoms with E-state index in [9.17, 15) is 4.79 Å². The van der Waals surface area contributed by atoms with Crippen LogP contribution in [0.15, 0.2) is 66.7 Å². The Morgan fingerprint density at radius 2 is 1.81 bits per heavy atom. The molecule has 0 aliphatic heterocycles. The summed E-state index contributed by atoms with van der Waals surface area (Å²) in [5.74, 6) is 0.0135. The first-order valence-corrected chi connectivity index (χ1v) is 9.60. The Hall–Kier alpha value is -4.33. The molecule has 0 bridgehead atoms. The fourth-order valence-corrected chi connectivity index (χ4v) is 2.84. The summed E-state index contributed by atoms with van der Waals surface area (Å²) in [4.78, 5) is 28.9. The van der Waals surface area contributed by atoms with Gasteiger partial charge in [0.25, 0.3) is 0 Å². The molecule has 3 N–H and O–H groups in total. The van der Waals surface area contributed by atoms with Crippen molar-refractivity contribution in [3.63, 3.8) is 0 Å². The second-order valence-electron chi connectivity index (χ2n) is 6.79. The van der Waals surface area contributed by atoms with Crippen molar-refractivity contribution in [1.29, 1.82) is 0 Å². The normalized spacial score (nSPS) is 11.0. The number of nitrogens with one attached hydrogen (secondary N) is 1. The zero-order valence-electron chi connectivity index (χ0n) is 16.8. The monoisotopic (exact) mass is 412 g/mol. The molecule has 31 heavy (non-hydrogen) atoms. The number of esters is 1. The molecule has 0 aliphatic carbocycles. The first kappa shape index (κ1) is 20.0. The first-order valence-electron chi connectivity index (χ1n) is 9.60. The maximum absolute atomic E-state index is 12.1. The summed E-state index contributed by atoms with van der Waals surface area (Å²) in [6, 6.07) is 19.3. The maximum atomic E-state index is 12.1. The van der Waals surface area contributed by atoms with E-state index >= 15 is 0 Å². The lowest BCUT2D eigenvalue weighted by atomic mass is 10.2. The zero-order chi connectivity index (χ0) is 21.6. The smallest absolute Gasteiger partial charge is 0.331 e. The number of aromatic nitrogens is 4. The second kappa shape index (κ2) is 9.00. The molecular formula is C23H20N6O2. The Morgan fingerprint density at radius 3 is 2.65 bits per heavy atom. The first-order chi connectivity index (χ1) is 15.0. The fourth-order valence-electron chi connectivity index (χ4n) is 2.84. The van der Waals surface area contributed by atoms with Gasteiger partial charge in [0.2, 0.25) is 11.9 Å². The van der Waals surface area contributed by atoms with Gasteiger partial charge in [-0.3, -0.25) is 0 Å². The molecule has 0 fully saturated rings. The molecule has 0 aliphatic rings. The van der Waals surface area contributed by atoms with Crippen molar-refractivity contribution in [2.24, 2.45) is 0 Å². The predicted octanol–water partition coefficient (Wildman–Crippen LogP) is 3.81. The molecule has 8 heteroatoms. The number of carbonyl (C=O) groups is 1. The number of nitrogen functional groups attached to an aromatic ring is 1. The number of nitrogens with zero attached hydrogens (tertiary/aromatic N) is 4. The van der Waals surface area contributed by atoms with Gasteiger partial charge < -0.3 is 15.8 Å². The van der Waals surface area contributed by atoms with Crippen molar-refractivity contribution in [1.82, 2.24) is 19.9 Å². The second-order valence-corrected chi connectivity index (χ2v) is 6.79. The highest BCUT2D eigenvalue weighted by Crippen LogP contribution is 2.15.